The van der Waals surface area contributed by atoms with Crippen molar-refractivity contribution in [2.45, 2.75) is 13.3 Å². The fraction of sp³-hybridized carbons (Fsp3) is 0.0952. The third-order valence-electron chi connectivity index (χ3n) is 4.08. The van der Waals surface area contributed by atoms with Gasteiger partial charge in [-0.05, 0) is 19.1 Å². The van der Waals surface area contributed by atoms with E-state index >= 15 is 0 Å². The maximum absolute atomic E-state index is 12.5. The Morgan fingerprint density at radius 1 is 1.04 bits per heavy atom. The number of nitrogens with zero attached hydrogens (tertiary/aromatic N) is 2. The number of aryl methyl sites for hydroxylation is 1. The first-order valence-corrected chi connectivity index (χ1v) is 8.36. The van der Waals surface area contributed by atoms with E-state index in [9.17, 15) is 4.79 Å². The number of amides is 1. The molecule has 0 atom stereocenters. The Morgan fingerprint density at radius 3 is 2.65 bits per heavy atom. The lowest BCUT2D eigenvalue weighted by molar-refractivity contribution is -0.115. The van der Waals surface area contributed by atoms with E-state index in [0.29, 0.717) is 11.5 Å². The highest BCUT2D eigenvalue weighted by molar-refractivity contribution is 6.01. The largest absolute Gasteiger partial charge is 0.356 e. The average molecular weight is 343 g/mol. The standard InChI is InChI=1S/C21H17N3O2/c1-14-11-19(17-9-5-6-10-18(17)22-14)23-21(25)13-16-12-20(26-24-16)15-7-3-2-4-8-15/h2-12H,13H2,1H3,(H,22,23,25). The molecule has 0 bridgehead atoms. The fourth-order valence-electron chi connectivity index (χ4n) is 2.90. The van der Waals surface area contributed by atoms with Gasteiger partial charge in [0.05, 0.1) is 23.3 Å². The second-order valence-corrected chi connectivity index (χ2v) is 6.10. The van der Waals surface area contributed by atoms with E-state index in [1.807, 2.05) is 67.6 Å². The predicted molar refractivity (Wildman–Crippen MR) is 101 cm³/mol. The Labute approximate surface area is 150 Å². The van der Waals surface area contributed by atoms with Crippen molar-refractivity contribution in [3.63, 3.8) is 0 Å². The second-order valence-electron chi connectivity index (χ2n) is 6.10. The highest BCUT2D eigenvalue weighted by Crippen LogP contribution is 2.24. The maximum Gasteiger partial charge on any atom is 0.230 e. The number of rotatable bonds is 4. The molecule has 0 saturated carbocycles. The lowest BCUT2D eigenvalue weighted by atomic mass is 10.1. The molecule has 0 radical (unpaired) electrons. The van der Waals surface area contributed by atoms with E-state index in [4.69, 9.17) is 4.52 Å². The lowest BCUT2D eigenvalue weighted by Crippen LogP contribution is -2.15. The topological polar surface area (TPSA) is 68.0 Å². The monoisotopic (exact) mass is 343 g/mol. The smallest absolute Gasteiger partial charge is 0.230 e. The van der Waals surface area contributed by atoms with Crippen LogP contribution in [0.5, 0.6) is 0 Å². The third kappa shape index (κ3) is 3.32. The number of nitrogens with one attached hydrogen (secondary N) is 1. The Morgan fingerprint density at radius 2 is 1.81 bits per heavy atom. The number of pyridine rings is 1. The molecule has 0 fully saturated rings. The van der Waals surface area contributed by atoms with Crippen molar-refractivity contribution in [2.75, 3.05) is 5.32 Å². The predicted octanol–water partition coefficient (Wildman–Crippen LogP) is 4.38. The van der Waals surface area contributed by atoms with Crippen LogP contribution >= 0.6 is 0 Å². The number of carbonyl (C=O) groups is 1. The van der Waals surface area contributed by atoms with Gasteiger partial charge in [0.2, 0.25) is 5.91 Å². The van der Waals surface area contributed by atoms with E-state index < -0.39 is 0 Å². The number of hydrogen-bond donors (Lipinski definition) is 1. The summed E-state index contributed by atoms with van der Waals surface area (Å²) in [5.41, 5.74) is 3.99. The van der Waals surface area contributed by atoms with Crippen LogP contribution < -0.4 is 5.32 Å². The molecule has 4 rings (SSSR count). The molecule has 1 amide bonds. The van der Waals surface area contributed by atoms with E-state index in [1.165, 1.54) is 0 Å². The number of para-hydroxylation sites is 1. The lowest BCUT2D eigenvalue weighted by Gasteiger charge is -2.09. The number of benzene rings is 2. The summed E-state index contributed by atoms with van der Waals surface area (Å²) in [6.45, 7) is 1.91. The van der Waals surface area contributed by atoms with Gasteiger partial charge in [0.1, 0.15) is 0 Å². The highest BCUT2D eigenvalue weighted by atomic mass is 16.5. The number of anilines is 1. The van der Waals surface area contributed by atoms with Gasteiger partial charge in [-0.15, -0.1) is 0 Å². The molecule has 5 heteroatoms. The third-order valence-corrected chi connectivity index (χ3v) is 4.08. The van der Waals surface area contributed by atoms with Gasteiger partial charge >= 0.3 is 0 Å². The molecule has 1 N–H and O–H groups in total. The second kappa shape index (κ2) is 6.80. The van der Waals surface area contributed by atoms with Gasteiger partial charge in [0.25, 0.3) is 0 Å². The van der Waals surface area contributed by atoms with Crippen LogP contribution in [0.2, 0.25) is 0 Å². The normalized spacial score (nSPS) is 10.8. The molecular formula is C21H17N3O2. The van der Waals surface area contributed by atoms with Gasteiger partial charge in [0.15, 0.2) is 5.76 Å². The van der Waals surface area contributed by atoms with Crippen molar-refractivity contribution >= 4 is 22.5 Å². The summed E-state index contributed by atoms with van der Waals surface area (Å²) in [4.78, 5) is 17.0. The summed E-state index contributed by atoms with van der Waals surface area (Å²) in [6.07, 6.45) is 0.145. The van der Waals surface area contributed by atoms with Crippen molar-refractivity contribution in [3.05, 3.63) is 78.1 Å². The minimum absolute atomic E-state index is 0.145. The zero-order valence-electron chi connectivity index (χ0n) is 14.3. The molecule has 4 aromatic rings. The van der Waals surface area contributed by atoms with Crippen LogP contribution in [0.1, 0.15) is 11.4 Å². The molecule has 0 aliphatic heterocycles. The fourth-order valence-corrected chi connectivity index (χ4v) is 2.90. The van der Waals surface area contributed by atoms with Gasteiger partial charge in [0, 0.05) is 22.7 Å². The summed E-state index contributed by atoms with van der Waals surface area (Å²) in [5, 5.41) is 7.88. The first-order valence-electron chi connectivity index (χ1n) is 8.36. The zero-order chi connectivity index (χ0) is 17.9. The van der Waals surface area contributed by atoms with Gasteiger partial charge in [-0.2, -0.15) is 0 Å². The Bertz CT molecular complexity index is 1070. The highest BCUT2D eigenvalue weighted by Gasteiger charge is 2.12. The molecule has 2 aromatic heterocycles. The van der Waals surface area contributed by atoms with E-state index in [0.717, 1.165) is 27.8 Å². The molecule has 0 unspecified atom stereocenters. The number of carbonyl (C=O) groups excluding carboxylic acids is 1. The van der Waals surface area contributed by atoms with Crippen LogP contribution in [0, 0.1) is 6.92 Å². The SMILES string of the molecule is Cc1cc(NC(=O)Cc2cc(-c3ccccc3)on2)c2ccccc2n1. The van der Waals surface area contributed by atoms with Crippen LogP contribution in [0.4, 0.5) is 5.69 Å². The van der Waals surface area contributed by atoms with Crippen LogP contribution in [-0.2, 0) is 11.2 Å². The van der Waals surface area contributed by atoms with Crippen molar-refractivity contribution in [2.24, 2.45) is 0 Å². The summed E-state index contributed by atoms with van der Waals surface area (Å²) < 4.78 is 5.35. The van der Waals surface area contributed by atoms with E-state index in [2.05, 4.69) is 15.5 Å². The minimum Gasteiger partial charge on any atom is -0.356 e. The summed E-state index contributed by atoms with van der Waals surface area (Å²) in [5.74, 6) is 0.507. The maximum atomic E-state index is 12.5. The van der Waals surface area contributed by atoms with Crippen molar-refractivity contribution in [1.82, 2.24) is 10.1 Å². The zero-order valence-corrected chi connectivity index (χ0v) is 14.3. The summed E-state index contributed by atoms with van der Waals surface area (Å²) in [7, 11) is 0. The molecule has 5 nitrogen and oxygen atoms in total. The number of fused-ring (bicyclic) bond motifs is 1. The Hall–Kier alpha value is -3.47. The molecule has 2 aromatic carbocycles. The quantitative estimate of drug-likeness (QED) is 0.597. The van der Waals surface area contributed by atoms with Crippen LogP contribution in [-0.4, -0.2) is 16.0 Å². The van der Waals surface area contributed by atoms with Gasteiger partial charge < -0.3 is 9.84 Å². The number of hydrogen-bond acceptors (Lipinski definition) is 4. The molecule has 0 aliphatic rings. The summed E-state index contributed by atoms with van der Waals surface area (Å²) in [6, 6.07) is 21.1. The molecule has 0 spiro atoms. The molecule has 0 saturated heterocycles. The van der Waals surface area contributed by atoms with Crippen molar-refractivity contribution in [1.29, 1.82) is 0 Å². The van der Waals surface area contributed by atoms with Crippen molar-refractivity contribution < 1.29 is 9.32 Å². The first-order chi connectivity index (χ1) is 12.7. The van der Waals surface area contributed by atoms with E-state index in [1.54, 1.807) is 6.07 Å². The Balaban J connectivity index is 1.53. The summed E-state index contributed by atoms with van der Waals surface area (Å²) >= 11 is 0. The van der Waals surface area contributed by atoms with Crippen molar-refractivity contribution in [3.8, 4) is 11.3 Å². The van der Waals surface area contributed by atoms with Crippen LogP contribution in [0.25, 0.3) is 22.2 Å². The molecule has 0 aliphatic carbocycles. The van der Waals surface area contributed by atoms with Gasteiger partial charge in [-0.25, -0.2) is 0 Å². The average Bonchev–Trinajstić information content (AvgIpc) is 3.10. The molecule has 26 heavy (non-hydrogen) atoms. The van der Waals surface area contributed by atoms with Crippen LogP contribution in [0.15, 0.2) is 71.3 Å². The van der Waals surface area contributed by atoms with Gasteiger partial charge in [-0.3, -0.25) is 9.78 Å². The minimum atomic E-state index is -0.145. The molecular weight excluding hydrogens is 326 g/mol. The van der Waals surface area contributed by atoms with E-state index in [-0.39, 0.29) is 12.3 Å². The Kier molecular flexibility index (Phi) is 4.19. The van der Waals surface area contributed by atoms with Gasteiger partial charge in [-0.1, -0.05) is 53.7 Å². The first kappa shape index (κ1) is 16.0. The molecule has 2 heterocycles. The number of aromatic nitrogens is 2. The van der Waals surface area contributed by atoms with Crippen LogP contribution in [0.3, 0.4) is 0 Å². The molecule has 128 valence electrons.